The van der Waals surface area contributed by atoms with Crippen LogP contribution in [0.5, 0.6) is 5.75 Å². The van der Waals surface area contributed by atoms with Crippen molar-refractivity contribution in [3.8, 4) is 5.75 Å². The average Bonchev–Trinajstić information content (AvgIpc) is 3.11. The number of urea groups is 1. The standard InChI is InChI=1S/C17H22F2N2O3/c18-16(19)24-15-5-2-1-4-13(15)20-17(22)21-9-7-12(8-10-21)14-6-3-11-23-14/h1-2,4-5,12,14,16H,3,6-11H2,(H,20,22). The Morgan fingerprint density at radius 3 is 2.67 bits per heavy atom. The summed E-state index contributed by atoms with van der Waals surface area (Å²) in [7, 11) is 0. The zero-order chi connectivity index (χ0) is 16.9. The van der Waals surface area contributed by atoms with E-state index in [0.717, 1.165) is 32.3 Å². The maximum Gasteiger partial charge on any atom is 0.387 e. The summed E-state index contributed by atoms with van der Waals surface area (Å²) in [4.78, 5) is 14.1. The molecule has 7 heteroatoms. The number of alkyl halides is 2. The molecular formula is C17H22F2N2O3. The fraction of sp³-hybridized carbons (Fsp3) is 0.588. The first-order valence-corrected chi connectivity index (χ1v) is 8.35. The van der Waals surface area contributed by atoms with Crippen molar-refractivity contribution in [2.24, 2.45) is 5.92 Å². The molecule has 2 amide bonds. The molecule has 1 aromatic carbocycles. The molecule has 1 N–H and O–H groups in total. The Morgan fingerprint density at radius 1 is 1.25 bits per heavy atom. The van der Waals surface area contributed by atoms with Gasteiger partial charge in [-0.1, -0.05) is 12.1 Å². The molecule has 2 aliphatic heterocycles. The zero-order valence-electron chi connectivity index (χ0n) is 13.4. The van der Waals surface area contributed by atoms with E-state index in [-0.39, 0.29) is 17.5 Å². The third kappa shape index (κ3) is 4.14. The van der Waals surface area contributed by atoms with Gasteiger partial charge in [0.25, 0.3) is 0 Å². The first kappa shape index (κ1) is 17.0. The van der Waals surface area contributed by atoms with E-state index in [1.54, 1.807) is 23.1 Å². The fourth-order valence-corrected chi connectivity index (χ4v) is 3.41. The summed E-state index contributed by atoms with van der Waals surface area (Å²) in [6, 6.07) is 5.92. The maximum atomic E-state index is 12.4. The predicted molar refractivity (Wildman–Crippen MR) is 85.4 cm³/mol. The van der Waals surface area contributed by atoms with E-state index in [9.17, 15) is 13.6 Å². The molecule has 2 fully saturated rings. The van der Waals surface area contributed by atoms with E-state index in [1.165, 1.54) is 6.07 Å². The van der Waals surface area contributed by atoms with Gasteiger partial charge in [0.05, 0.1) is 11.8 Å². The normalized spacial score (nSPS) is 22.0. The lowest BCUT2D eigenvalue weighted by Crippen LogP contribution is -2.43. The first-order chi connectivity index (χ1) is 11.6. The number of para-hydroxylation sites is 2. The molecule has 3 rings (SSSR count). The van der Waals surface area contributed by atoms with Crippen LogP contribution in [0.3, 0.4) is 0 Å². The summed E-state index contributed by atoms with van der Waals surface area (Å²) in [5, 5.41) is 2.67. The van der Waals surface area contributed by atoms with E-state index in [2.05, 4.69) is 10.1 Å². The van der Waals surface area contributed by atoms with Crippen LogP contribution in [0.15, 0.2) is 24.3 Å². The number of carbonyl (C=O) groups excluding carboxylic acids is 1. The highest BCUT2D eigenvalue weighted by Crippen LogP contribution is 2.30. The molecule has 0 bridgehead atoms. The van der Waals surface area contributed by atoms with Gasteiger partial charge in [0.15, 0.2) is 0 Å². The number of anilines is 1. The van der Waals surface area contributed by atoms with Crippen LogP contribution >= 0.6 is 0 Å². The van der Waals surface area contributed by atoms with Crippen LogP contribution in [0.25, 0.3) is 0 Å². The molecule has 1 unspecified atom stereocenters. The predicted octanol–water partition coefficient (Wildman–Crippen LogP) is 3.71. The first-order valence-electron chi connectivity index (χ1n) is 8.35. The van der Waals surface area contributed by atoms with Crippen molar-refractivity contribution in [1.82, 2.24) is 4.90 Å². The molecule has 2 aliphatic rings. The molecule has 0 saturated carbocycles. The number of hydrogen-bond donors (Lipinski definition) is 1. The number of nitrogens with one attached hydrogen (secondary N) is 1. The Bertz CT molecular complexity index is 557. The molecule has 1 atom stereocenters. The Kier molecular flexibility index (Phi) is 5.50. The fourth-order valence-electron chi connectivity index (χ4n) is 3.41. The summed E-state index contributed by atoms with van der Waals surface area (Å²) in [6.07, 6.45) is 4.37. The number of hydrogen-bond acceptors (Lipinski definition) is 3. The van der Waals surface area contributed by atoms with E-state index in [0.29, 0.717) is 25.1 Å². The van der Waals surface area contributed by atoms with Crippen molar-refractivity contribution in [3.63, 3.8) is 0 Å². The minimum absolute atomic E-state index is 0.0323. The van der Waals surface area contributed by atoms with Crippen LogP contribution in [-0.4, -0.2) is 43.3 Å². The topological polar surface area (TPSA) is 50.8 Å². The molecule has 0 aliphatic carbocycles. The SMILES string of the molecule is O=C(Nc1ccccc1OC(F)F)N1CCC(C2CCCO2)CC1. The Morgan fingerprint density at radius 2 is 2.00 bits per heavy atom. The lowest BCUT2D eigenvalue weighted by molar-refractivity contribution is -0.0493. The monoisotopic (exact) mass is 340 g/mol. The molecule has 2 saturated heterocycles. The van der Waals surface area contributed by atoms with Gasteiger partial charge >= 0.3 is 12.6 Å². The van der Waals surface area contributed by atoms with Crippen molar-refractivity contribution >= 4 is 11.7 Å². The zero-order valence-corrected chi connectivity index (χ0v) is 13.4. The van der Waals surface area contributed by atoms with Crippen LogP contribution in [0.1, 0.15) is 25.7 Å². The molecule has 0 radical (unpaired) electrons. The van der Waals surface area contributed by atoms with Gasteiger partial charge in [0.1, 0.15) is 5.75 Å². The molecule has 0 aromatic heterocycles. The highest BCUT2D eigenvalue weighted by atomic mass is 19.3. The molecule has 2 heterocycles. The minimum Gasteiger partial charge on any atom is -0.433 e. The maximum absolute atomic E-state index is 12.4. The van der Waals surface area contributed by atoms with Crippen LogP contribution in [-0.2, 0) is 4.74 Å². The summed E-state index contributed by atoms with van der Waals surface area (Å²) in [6.45, 7) is -0.792. The lowest BCUT2D eigenvalue weighted by atomic mass is 9.90. The summed E-state index contributed by atoms with van der Waals surface area (Å²) >= 11 is 0. The number of piperidine rings is 1. The Hall–Kier alpha value is -1.89. The van der Waals surface area contributed by atoms with Gasteiger partial charge in [-0.25, -0.2) is 4.79 Å². The third-order valence-electron chi connectivity index (χ3n) is 4.66. The van der Waals surface area contributed by atoms with Crippen molar-refractivity contribution in [3.05, 3.63) is 24.3 Å². The summed E-state index contributed by atoms with van der Waals surface area (Å²) in [5.41, 5.74) is 0.254. The molecule has 0 spiro atoms. The van der Waals surface area contributed by atoms with E-state index >= 15 is 0 Å². The van der Waals surface area contributed by atoms with Crippen LogP contribution in [0.4, 0.5) is 19.3 Å². The number of halogens is 2. The number of nitrogens with zero attached hydrogens (tertiary/aromatic N) is 1. The van der Waals surface area contributed by atoms with E-state index < -0.39 is 6.61 Å². The second-order valence-corrected chi connectivity index (χ2v) is 6.18. The molecule has 5 nitrogen and oxygen atoms in total. The largest absolute Gasteiger partial charge is 0.433 e. The molecular weight excluding hydrogens is 318 g/mol. The number of ether oxygens (including phenoxy) is 2. The number of amides is 2. The molecule has 1 aromatic rings. The number of benzene rings is 1. The van der Waals surface area contributed by atoms with Crippen LogP contribution in [0.2, 0.25) is 0 Å². The van der Waals surface area contributed by atoms with Gasteiger partial charge in [-0.2, -0.15) is 8.78 Å². The quantitative estimate of drug-likeness (QED) is 0.909. The Balaban J connectivity index is 1.54. The van der Waals surface area contributed by atoms with Crippen molar-refractivity contribution in [1.29, 1.82) is 0 Å². The average molecular weight is 340 g/mol. The Labute approximate surface area is 139 Å². The van der Waals surface area contributed by atoms with E-state index in [1.807, 2.05) is 0 Å². The number of carbonyl (C=O) groups is 1. The van der Waals surface area contributed by atoms with Crippen molar-refractivity contribution in [2.45, 2.75) is 38.4 Å². The highest BCUT2D eigenvalue weighted by molar-refractivity contribution is 5.91. The van der Waals surface area contributed by atoms with Gasteiger partial charge in [0.2, 0.25) is 0 Å². The summed E-state index contributed by atoms with van der Waals surface area (Å²) in [5.74, 6) is 0.473. The van der Waals surface area contributed by atoms with Gasteiger partial charge in [-0.05, 0) is 43.7 Å². The van der Waals surface area contributed by atoms with Gasteiger partial charge in [0, 0.05) is 19.7 Å². The number of likely N-dealkylation sites (tertiary alicyclic amines) is 1. The smallest absolute Gasteiger partial charge is 0.387 e. The van der Waals surface area contributed by atoms with Crippen LogP contribution in [0, 0.1) is 5.92 Å². The van der Waals surface area contributed by atoms with E-state index in [4.69, 9.17) is 4.74 Å². The second-order valence-electron chi connectivity index (χ2n) is 6.18. The van der Waals surface area contributed by atoms with Crippen molar-refractivity contribution < 1.29 is 23.0 Å². The third-order valence-corrected chi connectivity index (χ3v) is 4.66. The van der Waals surface area contributed by atoms with Crippen LogP contribution < -0.4 is 10.1 Å². The second kappa shape index (κ2) is 7.79. The molecule has 24 heavy (non-hydrogen) atoms. The van der Waals surface area contributed by atoms with Gasteiger partial charge in [-0.15, -0.1) is 0 Å². The lowest BCUT2D eigenvalue weighted by Gasteiger charge is -2.34. The van der Waals surface area contributed by atoms with Gasteiger partial charge in [-0.3, -0.25) is 0 Å². The summed E-state index contributed by atoms with van der Waals surface area (Å²) < 4.78 is 35.0. The molecule has 132 valence electrons. The van der Waals surface area contributed by atoms with Crippen molar-refractivity contribution in [2.75, 3.05) is 25.0 Å². The minimum atomic E-state index is -2.93. The number of rotatable bonds is 4. The highest BCUT2D eigenvalue weighted by Gasteiger charge is 2.31. The van der Waals surface area contributed by atoms with Gasteiger partial charge < -0.3 is 19.7 Å².